The van der Waals surface area contributed by atoms with E-state index in [1.54, 1.807) is 0 Å². The zero-order valence-corrected chi connectivity index (χ0v) is 17.6. The summed E-state index contributed by atoms with van der Waals surface area (Å²) in [6.07, 6.45) is 22.6. The summed E-state index contributed by atoms with van der Waals surface area (Å²) in [5.41, 5.74) is 0. The number of hydrogen-bond donors (Lipinski definition) is 0. The lowest BCUT2D eigenvalue weighted by molar-refractivity contribution is 0.0187. The van der Waals surface area contributed by atoms with Gasteiger partial charge in [0.2, 0.25) is 0 Å². The van der Waals surface area contributed by atoms with Crippen molar-refractivity contribution in [3.05, 3.63) is 0 Å². The Morgan fingerprint density at radius 3 is 1.39 bits per heavy atom. The molecule has 0 saturated heterocycles. The molecule has 0 N–H and O–H groups in total. The van der Waals surface area contributed by atoms with Crippen molar-refractivity contribution in [3.8, 4) is 0 Å². The maximum atomic E-state index is 5.96. The third-order valence-electron chi connectivity index (χ3n) is 7.50. The highest BCUT2D eigenvalue weighted by Crippen LogP contribution is 2.48. The number of rotatable bonds is 6. The first-order chi connectivity index (χ1) is 11.4. The molecule has 3 rings (SSSR count). The van der Waals surface area contributed by atoms with Crippen molar-refractivity contribution in [2.45, 2.75) is 96.3 Å². The van der Waals surface area contributed by atoms with Gasteiger partial charge < -0.3 is 4.43 Å². The highest BCUT2D eigenvalue weighted by atomic mass is 28.2. The van der Waals surface area contributed by atoms with Crippen molar-refractivity contribution in [1.29, 1.82) is 0 Å². The van der Waals surface area contributed by atoms with Crippen LogP contribution < -0.4 is 0 Å². The van der Waals surface area contributed by atoms with Crippen LogP contribution >= 0.6 is 0 Å². The fourth-order valence-corrected chi connectivity index (χ4v) is 6.82. The molecular weight excluding hydrogens is 296 g/mol. The fourth-order valence-electron chi connectivity index (χ4n) is 6.44. The van der Waals surface area contributed by atoms with Crippen molar-refractivity contribution in [2.75, 3.05) is 6.61 Å². The predicted molar refractivity (Wildman–Crippen MR) is 103 cm³/mol. The first-order valence-corrected chi connectivity index (χ1v) is 11.7. The van der Waals surface area contributed by atoms with Gasteiger partial charge in [-0.2, -0.15) is 0 Å². The molecule has 0 radical (unpaired) electrons. The highest BCUT2D eigenvalue weighted by Gasteiger charge is 2.40. The SMILES string of the molecule is [SiH3]OCC(C1CCCCC1)C(C1CCCCC1)C1CCCCC1. The molecule has 1 nitrogen and oxygen atoms in total. The molecule has 0 spiro atoms. The minimum Gasteiger partial charge on any atom is -0.428 e. The van der Waals surface area contributed by atoms with Crippen LogP contribution in [-0.2, 0) is 4.43 Å². The zero-order valence-electron chi connectivity index (χ0n) is 15.6. The lowest BCUT2D eigenvalue weighted by atomic mass is 9.60. The second-order valence-electron chi connectivity index (χ2n) is 8.89. The van der Waals surface area contributed by atoms with Crippen LogP contribution in [0.5, 0.6) is 0 Å². The largest absolute Gasteiger partial charge is 0.428 e. The molecule has 3 fully saturated rings. The maximum absolute atomic E-state index is 5.96. The summed E-state index contributed by atoms with van der Waals surface area (Å²) in [4.78, 5) is 0. The van der Waals surface area contributed by atoms with Crippen LogP contribution in [0.1, 0.15) is 96.3 Å². The van der Waals surface area contributed by atoms with E-state index in [1.807, 2.05) is 0 Å². The van der Waals surface area contributed by atoms with E-state index in [0.29, 0.717) is 0 Å². The van der Waals surface area contributed by atoms with Gasteiger partial charge in [0.15, 0.2) is 0 Å². The Hall–Kier alpha value is 0.177. The summed E-state index contributed by atoms with van der Waals surface area (Å²) in [6.45, 7) is 1.11. The molecule has 3 saturated carbocycles. The van der Waals surface area contributed by atoms with Gasteiger partial charge in [-0.05, 0) is 29.6 Å². The predicted octanol–water partition coefficient (Wildman–Crippen LogP) is 5.26. The van der Waals surface area contributed by atoms with Gasteiger partial charge in [-0.1, -0.05) is 96.3 Å². The Balaban J connectivity index is 1.76. The van der Waals surface area contributed by atoms with Crippen molar-refractivity contribution in [2.24, 2.45) is 29.6 Å². The van der Waals surface area contributed by atoms with Crippen molar-refractivity contribution >= 4 is 10.5 Å². The van der Waals surface area contributed by atoms with Crippen molar-refractivity contribution in [3.63, 3.8) is 0 Å². The smallest absolute Gasteiger partial charge is 0.145 e. The van der Waals surface area contributed by atoms with Crippen LogP contribution in [0.3, 0.4) is 0 Å². The van der Waals surface area contributed by atoms with E-state index in [4.69, 9.17) is 4.43 Å². The molecule has 1 atom stereocenters. The Morgan fingerprint density at radius 1 is 0.609 bits per heavy atom. The third-order valence-corrected chi connectivity index (χ3v) is 7.83. The van der Waals surface area contributed by atoms with E-state index in [0.717, 1.165) is 46.7 Å². The topological polar surface area (TPSA) is 9.23 Å². The van der Waals surface area contributed by atoms with Gasteiger partial charge in [0, 0.05) is 6.61 Å². The normalized spacial score (nSPS) is 27.5. The van der Waals surface area contributed by atoms with Gasteiger partial charge in [0.05, 0.1) is 0 Å². The van der Waals surface area contributed by atoms with Gasteiger partial charge >= 0.3 is 0 Å². The molecule has 0 aromatic heterocycles. The summed E-state index contributed by atoms with van der Waals surface area (Å²) >= 11 is 0. The Morgan fingerprint density at radius 2 is 1.00 bits per heavy atom. The second kappa shape index (κ2) is 9.61. The average Bonchev–Trinajstić information content (AvgIpc) is 2.64. The van der Waals surface area contributed by atoms with Crippen LogP contribution in [0.2, 0.25) is 0 Å². The van der Waals surface area contributed by atoms with Gasteiger partial charge in [0.1, 0.15) is 10.5 Å². The zero-order chi connectivity index (χ0) is 15.9. The van der Waals surface area contributed by atoms with E-state index in [9.17, 15) is 0 Å². The monoisotopic (exact) mass is 336 g/mol. The summed E-state index contributed by atoms with van der Waals surface area (Å²) in [5.74, 6) is 4.98. The lowest BCUT2D eigenvalue weighted by Crippen LogP contribution is -2.39. The van der Waals surface area contributed by atoms with Crippen molar-refractivity contribution in [1.82, 2.24) is 0 Å². The Bertz CT molecular complexity index is 296. The van der Waals surface area contributed by atoms with E-state index in [-0.39, 0.29) is 0 Å². The first-order valence-electron chi connectivity index (χ1n) is 10.9. The molecule has 1 unspecified atom stereocenters. The minimum absolute atomic E-state index is 0.902. The van der Waals surface area contributed by atoms with Crippen LogP contribution in [0, 0.1) is 29.6 Å². The standard InChI is InChI=1S/C21H40OSi/c23-22-16-20(17-10-4-1-5-11-17)21(18-12-6-2-7-13-18)19-14-8-3-9-15-19/h17-21H,1-16H2,23H3. The van der Waals surface area contributed by atoms with Gasteiger partial charge in [-0.15, -0.1) is 0 Å². The summed E-state index contributed by atoms with van der Waals surface area (Å²) in [5, 5.41) is 0. The lowest BCUT2D eigenvalue weighted by Gasteiger charge is -2.46. The van der Waals surface area contributed by atoms with E-state index >= 15 is 0 Å². The van der Waals surface area contributed by atoms with Crippen LogP contribution in [0.15, 0.2) is 0 Å². The van der Waals surface area contributed by atoms with E-state index in [1.165, 1.54) is 96.3 Å². The molecule has 0 amide bonds. The number of hydrogen-bond acceptors (Lipinski definition) is 1. The van der Waals surface area contributed by atoms with Crippen molar-refractivity contribution < 1.29 is 4.43 Å². The molecule has 0 heterocycles. The second-order valence-corrected chi connectivity index (χ2v) is 9.47. The molecular formula is C21H40OSi. The summed E-state index contributed by atoms with van der Waals surface area (Å²) in [7, 11) is 0.931. The average molecular weight is 337 g/mol. The van der Waals surface area contributed by atoms with Crippen LogP contribution in [0.25, 0.3) is 0 Å². The quantitative estimate of drug-likeness (QED) is 0.601. The minimum atomic E-state index is 0.902. The van der Waals surface area contributed by atoms with Crippen LogP contribution in [0.4, 0.5) is 0 Å². The Labute approximate surface area is 147 Å². The highest BCUT2D eigenvalue weighted by molar-refractivity contribution is 5.97. The first kappa shape index (κ1) is 18.0. The molecule has 0 aliphatic heterocycles. The van der Waals surface area contributed by atoms with Gasteiger partial charge in [-0.25, -0.2) is 0 Å². The summed E-state index contributed by atoms with van der Waals surface area (Å²) < 4.78 is 5.96. The van der Waals surface area contributed by atoms with Crippen LogP contribution in [-0.4, -0.2) is 17.1 Å². The van der Waals surface area contributed by atoms with E-state index in [2.05, 4.69) is 0 Å². The molecule has 0 aromatic carbocycles. The molecule has 2 heteroatoms. The molecule has 23 heavy (non-hydrogen) atoms. The van der Waals surface area contributed by atoms with E-state index < -0.39 is 0 Å². The molecule has 0 bridgehead atoms. The van der Waals surface area contributed by atoms with Gasteiger partial charge in [-0.3, -0.25) is 0 Å². The fraction of sp³-hybridized carbons (Fsp3) is 1.00. The molecule has 3 aliphatic rings. The molecule has 134 valence electrons. The third kappa shape index (κ3) is 4.84. The molecule has 3 aliphatic carbocycles. The summed E-state index contributed by atoms with van der Waals surface area (Å²) in [6, 6.07) is 0. The van der Waals surface area contributed by atoms with Gasteiger partial charge in [0.25, 0.3) is 0 Å². The molecule has 0 aromatic rings. The maximum Gasteiger partial charge on any atom is 0.145 e. The Kier molecular flexibility index (Phi) is 7.51.